The largest absolute Gasteiger partial charge is 0.397 e. The average Bonchev–Trinajstić information content (AvgIpc) is 2.77. The number of nitrogens with one attached hydrogen (secondary N) is 1. The topological polar surface area (TPSA) is 41.3 Å². The van der Waals surface area contributed by atoms with Gasteiger partial charge in [0, 0.05) is 18.4 Å². The van der Waals surface area contributed by atoms with Crippen molar-refractivity contribution in [2.45, 2.75) is 26.8 Å². The van der Waals surface area contributed by atoms with Gasteiger partial charge in [-0.1, -0.05) is 75.0 Å². The molecule has 0 bridgehead atoms. The van der Waals surface area contributed by atoms with E-state index in [2.05, 4.69) is 78.5 Å². The van der Waals surface area contributed by atoms with Gasteiger partial charge in [-0.25, -0.2) is 0 Å². The summed E-state index contributed by atoms with van der Waals surface area (Å²) in [6.07, 6.45) is 10.7. The van der Waals surface area contributed by atoms with E-state index in [0.717, 1.165) is 29.1 Å². The third kappa shape index (κ3) is 4.74. The molecule has 1 saturated heterocycles. The highest BCUT2D eigenvalue weighted by atomic mass is 15.3. The normalized spacial score (nSPS) is 24.2. The van der Waals surface area contributed by atoms with Gasteiger partial charge in [0.05, 0.1) is 17.4 Å². The van der Waals surface area contributed by atoms with Crippen LogP contribution >= 0.6 is 0 Å². The highest BCUT2D eigenvalue weighted by Gasteiger charge is 2.31. The van der Waals surface area contributed by atoms with Gasteiger partial charge in [0.25, 0.3) is 0 Å². The minimum absolute atomic E-state index is 0.223. The van der Waals surface area contributed by atoms with Gasteiger partial charge in [-0.2, -0.15) is 0 Å². The smallest absolute Gasteiger partial charge is 0.0845 e. The highest BCUT2D eigenvalue weighted by molar-refractivity contribution is 5.76. The third-order valence-electron chi connectivity index (χ3n) is 5.20. The predicted molar refractivity (Wildman–Crippen MR) is 131 cm³/mol. The van der Waals surface area contributed by atoms with Crippen LogP contribution in [0.2, 0.25) is 0 Å². The van der Waals surface area contributed by atoms with Gasteiger partial charge in [0.15, 0.2) is 0 Å². The van der Waals surface area contributed by atoms with Crippen molar-refractivity contribution in [2.75, 3.05) is 17.6 Å². The van der Waals surface area contributed by atoms with E-state index in [9.17, 15) is 0 Å². The van der Waals surface area contributed by atoms with Gasteiger partial charge >= 0.3 is 0 Å². The first-order chi connectivity index (χ1) is 14.6. The van der Waals surface area contributed by atoms with Crippen LogP contribution in [0.1, 0.15) is 26.3 Å². The van der Waals surface area contributed by atoms with E-state index >= 15 is 0 Å². The lowest BCUT2D eigenvalue weighted by Crippen LogP contribution is -2.49. The van der Waals surface area contributed by atoms with Crippen molar-refractivity contribution in [3.8, 4) is 0 Å². The van der Waals surface area contributed by atoms with Crippen LogP contribution in [0.5, 0.6) is 0 Å². The summed E-state index contributed by atoms with van der Waals surface area (Å²) in [7, 11) is 0. The Kier molecular flexibility index (Phi) is 6.97. The molecule has 2 heterocycles. The van der Waals surface area contributed by atoms with Gasteiger partial charge in [0.1, 0.15) is 0 Å². The van der Waals surface area contributed by atoms with Crippen LogP contribution in [0.4, 0.5) is 11.4 Å². The number of nitrogens with two attached hydrogens (primary N) is 1. The maximum atomic E-state index is 6.11. The van der Waals surface area contributed by atoms with Crippen molar-refractivity contribution in [3.05, 3.63) is 114 Å². The first-order valence-corrected chi connectivity index (χ1v) is 10.5. The summed E-state index contributed by atoms with van der Waals surface area (Å²) in [6, 6.07) is 18.6. The second-order valence-electron chi connectivity index (χ2n) is 7.19. The summed E-state index contributed by atoms with van der Waals surface area (Å²) in [5.41, 5.74) is 13.6. The van der Waals surface area contributed by atoms with Crippen LogP contribution in [0.25, 0.3) is 5.57 Å². The zero-order valence-electron chi connectivity index (χ0n) is 18.1. The fourth-order valence-corrected chi connectivity index (χ4v) is 3.47. The van der Waals surface area contributed by atoms with Crippen molar-refractivity contribution in [2.24, 2.45) is 0 Å². The standard InChI is InChI=1S/C25H25N3.C2H6/c1-18-9-8-14-25-24(27-23-13-7-6-12-22(23)26)17-28(25)16-21(15-19(18)2)20-10-4-3-5-11-20;1-2/h3-16,24,27H,1,17,26H2,2H3;1-2H3/b9-8-,19-15+,21-16+,25-14-;. The van der Waals surface area contributed by atoms with Gasteiger partial charge in [-0.05, 0) is 53.5 Å². The van der Waals surface area contributed by atoms with Crippen molar-refractivity contribution in [3.63, 3.8) is 0 Å². The van der Waals surface area contributed by atoms with Gasteiger partial charge < -0.3 is 16.0 Å². The molecule has 0 spiro atoms. The molecule has 3 nitrogen and oxygen atoms in total. The number of rotatable bonds is 3. The van der Waals surface area contributed by atoms with Crippen molar-refractivity contribution >= 4 is 16.9 Å². The molecule has 0 saturated carbocycles. The molecule has 4 rings (SSSR count). The van der Waals surface area contributed by atoms with Crippen LogP contribution in [0.15, 0.2) is 109 Å². The molecule has 2 aliphatic heterocycles. The summed E-state index contributed by atoms with van der Waals surface area (Å²) in [4.78, 5) is 2.29. The molecule has 3 heteroatoms. The van der Waals surface area contributed by atoms with Crippen molar-refractivity contribution in [1.29, 1.82) is 0 Å². The van der Waals surface area contributed by atoms with Crippen LogP contribution in [-0.2, 0) is 0 Å². The van der Waals surface area contributed by atoms with Crippen LogP contribution < -0.4 is 11.1 Å². The summed E-state index contributed by atoms with van der Waals surface area (Å²) >= 11 is 0. The van der Waals surface area contributed by atoms with Crippen LogP contribution in [0, 0.1) is 0 Å². The summed E-state index contributed by atoms with van der Waals surface area (Å²) < 4.78 is 0. The Morgan fingerprint density at radius 2 is 1.73 bits per heavy atom. The molecule has 1 atom stereocenters. The molecule has 0 amide bonds. The lowest BCUT2D eigenvalue weighted by Gasteiger charge is -2.43. The van der Waals surface area contributed by atoms with E-state index in [1.165, 1.54) is 16.8 Å². The zero-order valence-corrected chi connectivity index (χ0v) is 18.1. The van der Waals surface area contributed by atoms with E-state index in [1.54, 1.807) is 0 Å². The van der Waals surface area contributed by atoms with E-state index in [-0.39, 0.29) is 6.04 Å². The Balaban J connectivity index is 0.00000124. The van der Waals surface area contributed by atoms with E-state index in [0.29, 0.717) is 0 Å². The molecule has 0 aliphatic carbocycles. The number of nitrogens with zero attached hydrogens (tertiary/aromatic N) is 1. The predicted octanol–water partition coefficient (Wildman–Crippen LogP) is 6.39. The quantitative estimate of drug-likeness (QED) is 0.590. The molecule has 1 unspecified atom stereocenters. The number of nitrogen functional groups attached to an aromatic ring is 1. The van der Waals surface area contributed by atoms with Crippen molar-refractivity contribution in [1.82, 2.24) is 4.90 Å². The van der Waals surface area contributed by atoms with Crippen LogP contribution in [0.3, 0.4) is 0 Å². The fraction of sp³-hybridized carbons (Fsp3) is 0.185. The molecule has 1 fully saturated rings. The Hall–Kier alpha value is -3.46. The van der Waals surface area contributed by atoms with Crippen molar-refractivity contribution < 1.29 is 0 Å². The third-order valence-corrected chi connectivity index (χ3v) is 5.20. The van der Waals surface area contributed by atoms with E-state index in [1.807, 2.05) is 44.2 Å². The fourth-order valence-electron chi connectivity index (χ4n) is 3.47. The molecule has 2 aliphatic rings. The molecule has 154 valence electrons. The molecule has 0 aromatic heterocycles. The maximum Gasteiger partial charge on any atom is 0.0845 e. The van der Waals surface area contributed by atoms with Gasteiger partial charge in [-0.3, -0.25) is 0 Å². The molecular weight excluding hydrogens is 366 g/mol. The minimum atomic E-state index is 0.223. The van der Waals surface area contributed by atoms with Gasteiger partial charge in [-0.15, -0.1) is 0 Å². The molecular formula is C27H31N3. The number of anilines is 2. The summed E-state index contributed by atoms with van der Waals surface area (Å²) in [6.45, 7) is 11.2. The number of hydrogen-bond donors (Lipinski definition) is 2. The lowest BCUT2D eigenvalue weighted by atomic mass is 9.96. The molecule has 3 N–H and O–H groups in total. The maximum absolute atomic E-state index is 6.11. The second-order valence-corrected chi connectivity index (χ2v) is 7.19. The molecule has 2 aromatic rings. The number of benzene rings is 2. The Morgan fingerprint density at radius 1 is 1.03 bits per heavy atom. The number of fused-ring (bicyclic) bond motifs is 1. The van der Waals surface area contributed by atoms with E-state index < -0.39 is 0 Å². The highest BCUT2D eigenvalue weighted by Crippen LogP contribution is 2.32. The molecule has 0 radical (unpaired) electrons. The number of allylic oxidation sites excluding steroid dienone is 7. The minimum Gasteiger partial charge on any atom is -0.397 e. The Morgan fingerprint density at radius 3 is 2.47 bits per heavy atom. The van der Waals surface area contributed by atoms with Gasteiger partial charge in [0.2, 0.25) is 0 Å². The Labute approximate surface area is 180 Å². The first-order valence-electron chi connectivity index (χ1n) is 10.5. The average molecular weight is 398 g/mol. The SMILES string of the molecule is C=C1/C=C\C=C2\C(Nc3ccccc3N)CN2/C=C(c2ccccc2)\C=C\1C.CC. The summed E-state index contributed by atoms with van der Waals surface area (Å²) in [5.74, 6) is 0. The second kappa shape index (κ2) is 9.84. The monoisotopic (exact) mass is 397 g/mol. The first kappa shape index (κ1) is 21.3. The summed E-state index contributed by atoms with van der Waals surface area (Å²) in [5, 5.41) is 3.57. The zero-order chi connectivity index (χ0) is 21.5. The number of para-hydroxylation sites is 2. The molecule has 2 aromatic carbocycles. The van der Waals surface area contributed by atoms with E-state index in [4.69, 9.17) is 5.73 Å². The molecule has 30 heavy (non-hydrogen) atoms. The van der Waals surface area contributed by atoms with Crippen LogP contribution in [-0.4, -0.2) is 17.5 Å². The lowest BCUT2D eigenvalue weighted by molar-refractivity contribution is 0.324. The Bertz CT molecular complexity index is 1010. The number of hydrogen-bond acceptors (Lipinski definition) is 3.